The number of amides is 1. The summed E-state index contributed by atoms with van der Waals surface area (Å²) in [7, 11) is 0. The third-order valence-electron chi connectivity index (χ3n) is 5.28. The van der Waals surface area contributed by atoms with Gasteiger partial charge in [0.05, 0.1) is 11.0 Å². The van der Waals surface area contributed by atoms with Crippen LogP contribution in [-0.4, -0.2) is 32.6 Å². The normalized spacial score (nSPS) is 13.5. The summed E-state index contributed by atoms with van der Waals surface area (Å²) in [6.45, 7) is 8.19. The topological polar surface area (TPSA) is 84.2 Å². The number of hydrogen-bond acceptors (Lipinski definition) is 4. The van der Waals surface area contributed by atoms with E-state index in [4.69, 9.17) is 4.98 Å². The Morgan fingerprint density at radius 2 is 2.00 bits per heavy atom. The predicted molar refractivity (Wildman–Crippen MR) is 120 cm³/mol. The number of carbonyl (C=O) groups is 2. The van der Waals surface area contributed by atoms with Crippen molar-refractivity contribution in [3.05, 3.63) is 52.0 Å². The lowest BCUT2D eigenvalue weighted by atomic mass is 10.0. The first-order valence-corrected chi connectivity index (χ1v) is 11.2. The molecular formula is C23H29N3O3S. The lowest BCUT2D eigenvalue weighted by Crippen LogP contribution is -2.41. The zero-order valence-corrected chi connectivity index (χ0v) is 18.7. The van der Waals surface area contributed by atoms with Crippen molar-refractivity contribution in [3.8, 4) is 0 Å². The zero-order valence-electron chi connectivity index (χ0n) is 17.9. The van der Waals surface area contributed by atoms with E-state index in [-0.39, 0.29) is 17.9 Å². The van der Waals surface area contributed by atoms with Gasteiger partial charge in [-0.25, -0.2) is 9.78 Å². The van der Waals surface area contributed by atoms with Crippen LogP contribution in [0, 0.1) is 5.92 Å². The number of aliphatic carboxylic acids is 1. The number of aromatic nitrogens is 2. The van der Waals surface area contributed by atoms with Crippen LogP contribution >= 0.6 is 11.3 Å². The van der Waals surface area contributed by atoms with E-state index < -0.39 is 12.0 Å². The maximum atomic E-state index is 12.7. The molecule has 0 aliphatic heterocycles. The third kappa shape index (κ3) is 4.90. The minimum absolute atomic E-state index is 0.167. The number of carbonyl (C=O) groups excluding carboxylic acids is 1. The van der Waals surface area contributed by atoms with Crippen molar-refractivity contribution >= 4 is 34.2 Å². The molecule has 0 aliphatic carbocycles. The number of rotatable bonds is 9. The quantitative estimate of drug-likeness (QED) is 0.509. The molecule has 0 saturated carbocycles. The molecule has 7 heteroatoms. The monoisotopic (exact) mass is 427 g/mol. The first-order chi connectivity index (χ1) is 14.3. The summed E-state index contributed by atoms with van der Waals surface area (Å²) in [6.07, 6.45) is 2.10. The Balaban J connectivity index is 1.93. The largest absolute Gasteiger partial charge is 0.480 e. The molecule has 1 aromatic carbocycles. The molecule has 2 unspecified atom stereocenters. The number of carboxylic acids is 1. The summed E-state index contributed by atoms with van der Waals surface area (Å²) in [5, 5.41) is 14.1. The van der Waals surface area contributed by atoms with Crippen molar-refractivity contribution in [2.75, 3.05) is 0 Å². The molecule has 0 aliphatic rings. The molecule has 1 amide bonds. The predicted octanol–water partition coefficient (Wildman–Crippen LogP) is 4.89. The molecule has 3 aromatic rings. The fourth-order valence-electron chi connectivity index (χ4n) is 3.59. The van der Waals surface area contributed by atoms with Crippen LogP contribution in [0.4, 0.5) is 0 Å². The van der Waals surface area contributed by atoms with Crippen LogP contribution in [0.5, 0.6) is 0 Å². The van der Waals surface area contributed by atoms with Gasteiger partial charge in [-0.1, -0.05) is 26.8 Å². The van der Waals surface area contributed by atoms with E-state index in [0.29, 0.717) is 12.0 Å². The number of nitrogens with zero attached hydrogens (tertiary/aromatic N) is 2. The second kappa shape index (κ2) is 9.43. The first-order valence-electron chi connectivity index (χ1n) is 10.4. The number of thiophene rings is 1. The van der Waals surface area contributed by atoms with Crippen molar-refractivity contribution < 1.29 is 14.7 Å². The van der Waals surface area contributed by atoms with E-state index >= 15 is 0 Å². The molecule has 0 saturated heterocycles. The maximum Gasteiger partial charge on any atom is 0.326 e. The Morgan fingerprint density at radius 1 is 1.23 bits per heavy atom. The van der Waals surface area contributed by atoms with E-state index in [9.17, 15) is 14.7 Å². The van der Waals surface area contributed by atoms with Gasteiger partial charge in [-0.2, -0.15) is 0 Å². The van der Waals surface area contributed by atoms with E-state index in [1.54, 1.807) is 23.5 Å². The number of imidazole rings is 1. The van der Waals surface area contributed by atoms with Crippen molar-refractivity contribution in [3.63, 3.8) is 0 Å². The Hall–Kier alpha value is -2.67. The Bertz CT molecular complexity index is 1020. The number of nitrogens with one attached hydrogen (secondary N) is 1. The van der Waals surface area contributed by atoms with E-state index in [1.165, 1.54) is 4.88 Å². The van der Waals surface area contributed by atoms with Crippen LogP contribution in [0.25, 0.3) is 11.0 Å². The summed E-state index contributed by atoms with van der Waals surface area (Å²) >= 11 is 1.70. The molecule has 0 fully saturated rings. The summed E-state index contributed by atoms with van der Waals surface area (Å²) in [5.41, 5.74) is 2.17. The lowest BCUT2D eigenvalue weighted by Gasteiger charge is -2.17. The smallest absolute Gasteiger partial charge is 0.326 e. The molecule has 2 heterocycles. The van der Waals surface area contributed by atoms with Gasteiger partial charge in [-0.05, 0) is 55.3 Å². The molecule has 0 bridgehead atoms. The number of hydrogen-bond donors (Lipinski definition) is 2. The fraction of sp³-hybridized carbons (Fsp3) is 0.435. The van der Waals surface area contributed by atoms with Crippen molar-refractivity contribution in [2.45, 2.75) is 59.0 Å². The molecule has 2 aromatic heterocycles. The van der Waals surface area contributed by atoms with Crippen LogP contribution in [0.3, 0.4) is 0 Å². The van der Waals surface area contributed by atoms with Gasteiger partial charge in [0.2, 0.25) is 0 Å². The van der Waals surface area contributed by atoms with Crippen LogP contribution < -0.4 is 5.32 Å². The van der Waals surface area contributed by atoms with E-state index in [1.807, 2.05) is 26.0 Å². The van der Waals surface area contributed by atoms with Crippen molar-refractivity contribution in [1.82, 2.24) is 14.9 Å². The van der Waals surface area contributed by atoms with Crippen molar-refractivity contribution in [1.29, 1.82) is 0 Å². The molecule has 2 atom stereocenters. The molecule has 0 spiro atoms. The highest BCUT2D eigenvalue weighted by atomic mass is 32.1. The molecule has 0 radical (unpaired) electrons. The first kappa shape index (κ1) is 22.0. The standard InChI is InChI=1S/C23H29N3O3S/c1-5-15(4)26-20-9-8-16(22(27)25-19(23(28)29)11-14(2)3)12-18(20)24-21(26)13-17-7-6-10-30-17/h6-10,12,14-15,19H,5,11,13H2,1-4H3,(H,25,27)(H,28,29). The van der Waals surface area contributed by atoms with Gasteiger partial charge in [-0.15, -0.1) is 11.3 Å². The van der Waals surface area contributed by atoms with Gasteiger partial charge in [-0.3, -0.25) is 4.79 Å². The van der Waals surface area contributed by atoms with Gasteiger partial charge in [0, 0.05) is 22.9 Å². The maximum absolute atomic E-state index is 12.7. The highest BCUT2D eigenvalue weighted by molar-refractivity contribution is 7.09. The Kier molecular flexibility index (Phi) is 6.92. The van der Waals surface area contributed by atoms with Crippen LogP contribution in [0.2, 0.25) is 0 Å². The van der Waals surface area contributed by atoms with Crippen molar-refractivity contribution in [2.24, 2.45) is 5.92 Å². The summed E-state index contributed by atoms with van der Waals surface area (Å²) < 4.78 is 2.25. The average molecular weight is 428 g/mol. The van der Waals surface area contributed by atoms with Crippen LogP contribution in [0.15, 0.2) is 35.7 Å². The average Bonchev–Trinajstić information content (AvgIpc) is 3.33. The highest BCUT2D eigenvalue weighted by Gasteiger charge is 2.23. The highest BCUT2D eigenvalue weighted by Crippen LogP contribution is 2.26. The second-order valence-corrected chi connectivity index (χ2v) is 9.14. The second-order valence-electron chi connectivity index (χ2n) is 8.11. The van der Waals surface area contributed by atoms with Gasteiger partial charge in [0.15, 0.2) is 0 Å². The van der Waals surface area contributed by atoms with Gasteiger partial charge in [0.1, 0.15) is 11.9 Å². The SMILES string of the molecule is CCC(C)n1c(Cc2cccs2)nc2cc(C(=O)NC(CC(C)C)C(=O)O)ccc21. The molecular weight excluding hydrogens is 398 g/mol. The summed E-state index contributed by atoms with van der Waals surface area (Å²) in [6, 6.07) is 8.95. The van der Waals surface area contributed by atoms with E-state index in [0.717, 1.165) is 29.7 Å². The Morgan fingerprint density at radius 3 is 2.60 bits per heavy atom. The van der Waals surface area contributed by atoms with Gasteiger partial charge in [0.25, 0.3) is 5.91 Å². The fourth-order valence-corrected chi connectivity index (χ4v) is 4.29. The Labute approximate surface area is 180 Å². The number of fused-ring (bicyclic) bond motifs is 1. The number of benzene rings is 1. The summed E-state index contributed by atoms with van der Waals surface area (Å²) in [4.78, 5) is 30.3. The van der Waals surface area contributed by atoms with Gasteiger partial charge >= 0.3 is 5.97 Å². The van der Waals surface area contributed by atoms with Crippen LogP contribution in [0.1, 0.15) is 67.6 Å². The summed E-state index contributed by atoms with van der Waals surface area (Å²) in [5.74, 6) is -0.261. The lowest BCUT2D eigenvalue weighted by molar-refractivity contribution is -0.139. The number of carboxylic acid groups (broad SMARTS) is 1. The minimum Gasteiger partial charge on any atom is -0.480 e. The molecule has 6 nitrogen and oxygen atoms in total. The molecule has 3 rings (SSSR count). The van der Waals surface area contributed by atoms with E-state index in [2.05, 4.69) is 35.2 Å². The minimum atomic E-state index is -1.02. The van der Waals surface area contributed by atoms with Gasteiger partial charge < -0.3 is 15.0 Å². The zero-order chi connectivity index (χ0) is 21.8. The molecule has 160 valence electrons. The third-order valence-corrected chi connectivity index (χ3v) is 6.16. The molecule has 2 N–H and O–H groups in total. The molecule has 30 heavy (non-hydrogen) atoms. The van der Waals surface area contributed by atoms with Crippen LogP contribution in [-0.2, 0) is 11.2 Å².